The third-order valence-corrected chi connectivity index (χ3v) is 3.62. The summed E-state index contributed by atoms with van der Waals surface area (Å²) >= 11 is 0. The third-order valence-electron chi connectivity index (χ3n) is 3.62. The Kier molecular flexibility index (Phi) is 2.65. The molecule has 2 atom stereocenters. The van der Waals surface area contributed by atoms with Gasteiger partial charge >= 0.3 is 0 Å². The van der Waals surface area contributed by atoms with Crippen LogP contribution in [0.4, 0.5) is 14.6 Å². The Morgan fingerprint density at radius 3 is 2.89 bits per heavy atom. The SMILES string of the molecule is CC1CC(c2nnc3c(N)nccn23)CC(F)(F)C1. The molecule has 1 aliphatic carbocycles. The molecule has 2 unspecified atom stereocenters. The molecule has 2 aromatic rings. The van der Waals surface area contributed by atoms with Crippen molar-refractivity contribution in [2.75, 3.05) is 5.73 Å². The molecule has 19 heavy (non-hydrogen) atoms. The molecule has 0 aromatic carbocycles. The Morgan fingerprint density at radius 1 is 1.37 bits per heavy atom. The second-order valence-electron chi connectivity index (χ2n) is 5.37. The van der Waals surface area contributed by atoms with Crippen molar-refractivity contribution in [3.8, 4) is 0 Å². The van der Waals surface area contributed by atoms with E-state index in [-0.39, 0.29) is 30.5 Å². The van der Waals surface area contributed by atoms with E-state index in [9.17, 15) is 8.78 Å². The first-order valence-electron chi connectivity index (χ1n) is 6.29. The van der Waals surface area contributed by atoms with Gasteiger partial charge in [-0.2, -0.15) is 0 Å². The van der Waals surface area contributed by atoms with Crippen LogP contribution in [0.3, 0.4) is 0 Å². The number of nitrogens with zero attached hydrogens (tertiary/aromatic N) is 4. The van der Waals surface area contributed by atoms with Gasteiger partial charge in [0.25, 0.3) is 0 Å². The molecule has 0 saturated heterocycles. The fourth-order valence-corrected chi connectivity index (χ4v) is 2.94. The number of nitrogens with two attached hydrogens (primary N) is 1. The number of halogens is 2. The van der Waals surface area contributed by atoms with Crippen LogP contribution in [0.5, 0.6) is 0 Å². The molecule has 0 radical (unpaired) electrons. The van der Waals surface area contributed by atoms with Gasteiger partial charge in [-0.25, -0.2) is 13.8 Å². The van der Waals surface area contributed by atoms with Crippen LogP contribution in [0.15, 0.2) is 12.4 Å². The molecular formula is C12H15F2N5. The number of fused-ring (bicyclic) bond motifs is 1. The highest BCUT2D eigenvalue weighted by molar-refractivity contribution is 5.58. The van der Waals surface area contributed by atoms with Crippen LogP contribution < -0.4 is 5.73 Å². The van der Waals surface area contributed by atoms with Gasteiger partial charge in [-0.1, -0.05) is 6.92 Å². The molecule has 2 aromatic heterocycles. The summed E-state index contributed by atoms with van der Waals surface area (Å²) in [6.07, 6.45) is 3.65. The highest BCUT2D eigenvalue weighted by Gasteiger charge is 2.41. The van der Waals surface area contributed by atoms with Gasteiger partial charge in [0.05, 0.1) is 0 Å². The van der Waals surface area contributed by atoms with Crippen LogP contribution in [0, 0.1) is 5.92 Å². The van der Waals surface area contributed by atoms with E-state index >= 15 is 0 Å². The molecule has 0 bridgehead atoms. The van der Waals surface area contributed by atoms with E-state index in [2.05, 4.69) is 15.2 Å². The summed E-state index contributed by atoms with van der Waals surface area (Å²) in [5.41, 5.74) is 6.13. The highest BCUT2D eigenvalue weighted by Crippen LogP contribution is 2.43. The number of nitrogen functional groups attached to an aromatic ring is 1. The van der Waals surface area contributed by atoms with E-state index in [1.807, 2.05) is 6.92 Å². The lowest BCUT2D eigenvalue weighted by Gasteiger charge is -2.32. The zero-order chi connectivity index (χ0) is 13.6. The van der Waals surface area contributed by atoms with Crippen molar-refractivity contribution in [3.63, 3.8) is 0 Å². The summed E-state index contributed by atoms with van der Waals surface area (Å²) in [6.45, 7) is 1.85. The predicted molar refractivity (Wildman–Crippen MR) is 65.9 cm³/mol. The van der Waals surface area contributed by atoms with Crippen LogP contribution in [-0.4, -0.2) is 25.5 Å². The van der Waals surface area contributed by atoms with Crippen molar-refractivity contribution in [3.05, 3.63) is 18.2 Å². The summed E-state index contributed by atoms with van der Waals surface area (Å²) in [4.78, 5) is 3.92. The minimum Gasteiger partial charge on any atom is -0.381 e. The first kappa shape index (κ1) is 12.3. The molecule has 2 N–H and O–H groups in total. The summed E-state index contributed by atoms with van der Waals surface area (Å²) in [6, 6.07) is 0. The zero-order valence-electron chi connectivity index (χ0n) is 10.6. The molecule has 0 amide bonds. The number of hydrogen-bond acceptors (Lipinski definition) is 4. The number of anilines is 1. The molecular weight excluding hydrogens is 252 g/mol. The van der Waals surface area contributed by atoms with E-state index in [0.29, 0.717) is 17.9 Å². The molecule has 7 heteroatoms. The lowest BCUT2D eigenvalue weighted by molar-refractivity contribution is -0.0580. The van der Waals surface area contributed by atoms with Gasteiger partial charge in [-0.15, -0.1) is 10.2 Å². The molecule has 1 aliphatic rings. The Morgan fingerprint density at radius 2 is 2.16 bits per heavy atom. The summed E-state index contributed by atoms with van der Waals surface area (Å²) < 4.78 is 29.0. The van der Waals surface area contributed by atoms with Crippen LogP contribution in [-0.2, 0) is 0 Å². The van der Waals surface area contributed by atoms with E-state index in [1.54, 1.807) is 10.6 Å². The average molecular weight is 267 g/mol. The quantitative estimate of drug-likeness (QED) is 0.860. The molecule has 1 fully saturated rings. The summed E-state index contributed by atoms with van der Waals surface area (Å²) in [5.74, 6) is -2.14. The standard InChI is InChI=1S/C12H15F2N5/c1-7-4-8(6-12(13,14)5-7)10-17-18-11-9(15)16-2-3-19(10)11/h2-3,7-8H,4-6H2,1H3,(H2,15,16). The van der Waals surface area contributed by atoms with Crippen molar-refractivity contribution in [2.45, 2.75) is 38.0 Å². The van der Waals surface area contributed by atoms with Crippen molar-refractivity contribution < 1.29 is 8.78 Å². The largest absolute Gasteiger partial charge is 0.381 e. The van der Waals surface area contributed by atoms with Gasteiger partial charge in [0.1, 0.15) is 5.82 Å². The fraction of sp³-hybridized carbons (Fsp3) is 0.583. The molecule has 0 aliphatic heterocycles. The Labute approximate surface area is 108 Å². The first-order chi connectivity index (χ1) is 8.96. The van der Waals surface area contributed by atoms with Gasteiger partial charge in [-0.05, 0) is 12.3 Å². The minimum absolute atomic E-state index is 0.0275. The molecule has 0 spiro atoms. The number of alkyl halides is 2. The molecule has 1 saturated carbocycles. The van der Waals surface area contributed by atoms with Crippen molar-refractivity contribution >= 4 is 11.5 Å². The number of aromatic nitrogens is 4. The maximum Gasteiger partial charge on any atom is 0.249 e. The van der Waals surface area contributed by atoms with E-state index in [4.69, 9.17) is 5.73 Å². The number of rotatable bonds is 1. The van der Waals surface area contributed by atoms with Gasteiger partial charge in [0.2, 0.25) is 11.6 Å². The lowest BCUT2D eigenvalue weighted by atomic mass is 9.79. The predicted octanol–water partition coefficient (Wildman–Crippen LogP) is 2.25. The highest BCUT2D eigenvalue weighted by atomic mass is 19.3. The van der Waals surface area contributed by atoms with Crippen molar-refractivity contribution in [2.24, 2.45) is 5.92 Å². The first-order valence-corrected chi connectivity index (χ1v) is 6.29. The topological polar surface area (TPSA) is 69.1 Å². The Balaban J connectivity index is 2.02. The van der Waals surface area contributed by atoms with Crippen molar-refractivity contribution in [1.82, 2.24) is 19.6 Å². The van der Waals surface area contributed by atoms with Crippen LogP contribution >= 0.6 is 0 Å². The second kappa shape index (κ2) is 4.11. The maximum absolute atomic E-state index is 13.7. The van der Waals surface area contributed by atoms with Gasteiger partial charge in [0.15, 0.2) is 5.82 Å². The Hall–Kier alpha value is -1.79. The molecule has 3 rings (SSSR count). The fourth-order valence-electron chi connectivity index (χ4n) is 2.94. The maximum atomic E-state index is 13.7. The third kappa shape index (κ3) is 2.13. The Bertz CT molecular complexity index is 609. The van der Waals surface area contributed by atoms with E-state index in [1.165, 1.54) is 6.20 Å². The van der Waals surface area contributed by atoms with Gasteiger partial charge < -0.3 is 5.73 Å². The molecule has 102 valence electrons. The molecule has 2 heterocycles. The second-order valence-corrected chi connectivity index (χ2v) is 5.37. The monoisotopic (exact) mass is 267 g/mol. The van der Waals surface area contributed by atoms with Gasteiger partial charge in [-0.3, -0.25) is 4.40 Å². The van der Waals surface area contributed by atoms with Crippen LogP contribution in [0.2, 0.25) is 0 Å². The summed E-state index contributed by atoms with van der Waals surface area (Å²) in [5, 5.41) is 7.99. The number of hydrogen-bond donors (Lipinski definition) is 1. The molecule has 5 nitrogen and oxygen atoms in total. The zero-order valence-corrected chi connectivity index (χ0v) is 10.6. The smallest absolute Gasteiger partial charge is 0.249 e. The average Bonchev–Trinajstić information content (AvgIpc) is 2.71. The van der Waals surface area contributed by atoms with Crippen LogP contribution in [0.25, 0.3) is 5.65 Å². The minimum atomic E-state index is -2.63. The van der Waals surface area contributed by atoms with E-state index < -0.39 is 5.92 Å². The van der Waals surface area contributed by atoms with E-state index in [0.717, 1.165) is 0 Å². The van der Waals surface area contributed by atoms with Crippen LogP contribution in [0.1, 0.15) is 37.9 Å². The normalized spacial score (nSPS) is 26.7. The van der Waals surface area contributed by atoms with Crippen molar-refractivity contribution in [1.29, 1.82) is 0 Å². The summed E-state index contributed by atoms with van der Waals surface area (Å²) in [7, 11) is 0. The van der Waals surface area contributed by atoms with Gasteiger partial charge in [0, 0.05) is 31.2 Å². The lowest BCUT2D eigenvalue weighted by Crippen LogP contribution is -2.30.